The zero-order valence-corrected chi connectivity index (χ0v) is 11.8. The SMILES string of the molecule is CCc1nn(C)cc1CNC(C(=O)O)c1ccsc1. The molecule has 0 aliphatic heterocycles. The number of aromatic nitrogens is 2. The molecule has 1 unspecified atom stereocenters. The van der Waals surface area contributed by atoms with Gasteiger partial charge in [-0.15, -0.1) is 0 Å². The van der Waals surface area contributed by atoms with Crippen molar-refractivity contribution in [2.45, 2.75) is 25.9 Å². The predicted molar refractivity (Wildman–Crippen MR) is 74.1 cm³/mol. The number of carboxylic acid groups (broad SMARTS) is 1. The Hall–Kier alpha value is -1.66. The Bertz CT molecular complexity index is 548. The van der Waals surface area contributed by atoms with Gasteiger partial charge in [0.2, 0.25) is 0 Å². The number of hydrogen-bond acceptors (Lipinski definition) is 4. The Labute approximate surface area is 115 Å². The van der Waals surface area contributed by atoms with Crippen molar-refractivity contribution in [2.24, 2.45) is 7.05 Å². The lowest BCUT2D eigenvalue weighted by Gasteiger charge is -2.12. The summed E-state index contributed by atoms with van der Waals surface area (Å²) in [4.78, 5) is 11.3. The molecule has 0 radical (unpaired) electrons. The summed E-state index contributed by atoms with van der Waals surface area (Å²) in [5.41, 5.74) is 2.84. The monoisotopic (exact) mass is 279 g/mol. The Kier molecular flexibility index (Phi) is 4.34. The number of carbonyl (C=O) groups is 1. The standard InChI is InChI=1S/C13H17N3O2S/c1-3-11-10(7-16(2)15-11)6-14-12(13(17)18)9-4-5-19-8-9/h4-5,7-8,12,14H,3,6H2,1-2H3,(H,17,18). The fourth-order valence-corrected chi connectivity index (χ4v) is 2.71. The molecule has 0 bridgehead atoms. The van der Waals surface area contributed by atoms with Crippen molar-refractivity contribution in [3.63, 3.8) is 0 Å². The summed E-state index contributed by atoms with van der Waals surface area (Å²) in [6.07, 6.45) is 2.77. The van der Waals surface area contributed by atoms with Crippen LogP contribution in [0.5, 0.6) is 0 Å². The molecule has 2 aromatic heterocycles. The van der Waals surface area contributed by atoms with Gasteiger partial charge in [-0.3, -0.25) is 14.8 Å². The van der Waals surface area contributed by atoms with Crippen molar-refractivity contribution < 1.29 is 9.90 Å². The van der Waals surface area contributed by atoms with Crippen LogP contribution in [0, 0.1) is 0 Å². The molecule has 0 aromatic carbocycles. The van der Waals surface area contributed by atoms with Gasteiger partial charge in [-0.05, 0) is 28.8 Å². The highest BCUT2D eigenvalue weighted by Crippen LogP contribution is 2.18. The minimum absolute atomic E-state index is 0.504. The van der Waals surface area contributed by atoms with Crippen LogP contribution in [-0.2, 0) is 24.8 Å². The molecule has 0 saturated heterocycles. The minimum atomic E-state index is -0.861. The van der Waals surface area contributed by atoms with Crippen LogP contribution in [0.2, 0.25) is 0 Å². The Morgan fingerprint density at radius 2 is 2.42 bits per heavy atom. The number of nitrogens with one attached hydrogen (secondary N) is 1. The highest BCUT2D eigenvalue weighted by atomic mass is 32.1. The fourth-order valence-electron chi connectivity index (χ4n) is 2.03. The highest BCUT2D eigenvalue weighted by molar-refractivity contribution is 7.08. The van der Waals surface area contributed by atoms with E-state index in [0.29, 0.717) is 6.54 Å². The quantitative estimate of drug-likeness (QED) is 0.848. The van der Waals surface area contributed by atoms with Crippen LogP contribution in [0.1, 0.15) is 29.8 Å². The van der Waals surface area contributed by atoms with Gasteiger partial charge in [-0.2, -0.15) is 16.4 Å². The van der Waals surface area contributed by atoms with Crippen molar-refractivity contribution >= 4 is 17.3 Å². The van der Waals surface area contributed by atoms with E-state index >= 15 is 0 Å². The van der Waals surface area contributed by atoms with Gasteiger partial charge in [0.05, 0.1) is 5.69 Å². The van der Waals surface area contributed by atoms with Gasteiger partial charge in [-0.1, -0.05) is 6.92 Å². The lowest BCUT2D eigenvalue weighted by Crippen LogP contribution is -2.27. The van der Waals surface area contributed by atoms with Crippen LogP contribution in [0.3, 0.4) is 0 Å². The van der Waals surface area contributed by atoms with Crippen LogP contribution in [-0.4, -0.2) is 20.9 Å². The van der Waals surface area contributed by atoms with Crippen LogP contribution in [0.15, 0.2) is 23.0 Å². The summed E-state index contributed by atoms with van der Waals surface area (Å²) in [5.74, 6) is -0.861. The van der Waals surface area contributed by atoms with Crippen molar-refractivity contribution in [3.8, 4) is 0 Å². The third-order valence-electron chi connectivity index (χ3n) is 2.95. The molecule has 2 rings (SSSR count). The second kappa shape index (κ2) is 5.99. The van der Waals surface area contributed by atoms with Crippen LogP contribution >= 0.6 is 11.3 Å². The number of aliphatic carboxylic acids is 1. The maximum absolute atomic E-state index is 11.3. The molecule has 0 amide bonds. The molecule has 19 heavy (non-hydrogen) atoms. The van der Waals surface area contributed by atoms with E-state index in [4.69, 9.17) is 0 Å². The molecule has 6 heteroatoms. The summed E-state index contributed by atoms with van der Waals surface area (Å²) in [7, 11) is 1.87. The molecule has 0 fully saturated rings. The van der Waals surface area contributed by atoms with Crippen molar-refractivity contribution in [1.82, 2.24) is 15.1 Å². The fraction of sp³-hybridized carbons (Fsp3) is 0.385. The van der Waals surface area contributed by atoms with E-state index in [-0.39, 0.29) is 0 Å². The molecular weight excluding hydrogens is 262 g/mol. The Morgan fingerprint density at radius 3 is 3.00 bits per heavy atom. The van der Waals surface area contributed by atoms with Gasteiger partial charge in [0.25, 0.3) is 0 Å². The second-order valence-electron chi connectivity index (χ2n) is 4.34. The lowest BCUT2D eigenvalue weighted by molar-refractivity contribution is -0.139. The first kappa shape index (κ1) is 13.8. The van der Waals surface area contributed by atoms with Gasteiger partial charge in [-0.25, -0.2) is 0 Å². The molecule has 5 nitrogen and oxygen atoms in total. The zero-order valence-electron chi connectivity index (χ0n) is 11.0. The number of aryl methyl sites for hydroxylation is 2. The number of thiophene rings is 1. The van der Waals surface area contributed by atoms with Gasteiger partial charge in [0, 0.05) is 25.4 Å². The van der Waals surface area contributed by atoms with E-state index in [2.05, 4.69) is 10.4 Å². The van der Waals surface area contributed by atoms with Gasteiger partial charge in [0.15, 0.2) is 0 Å². The number of carboxylic acids is 1. The number of nitrogens with zero attached hydrogens (tertiary/aromatic N) is 2. The summed E-state index contributed by atoms with van der Waals surface area (Å²) in [5, 5.41) is 20.4. The van der Waals surface area contributed by atoms with Crippen LogP contribution in [0.4, 0.5) is 0 Å². The summed E-state index contributed by atoms with van der Waals surface area (Å²) < 4.78 is 1.76. The van der Waals surface area contributed by atoms with Crippen molar-refractivity contribution in [2.75, 3.05) is 0 Å². The van der Waals surface area contributed by atoms with E-state index in [1.54, 1.807) is 4.68 Å². The first-order chi connectivity index (χ1) is 9.11. The van der Waals surface area contributed by atoms with Crippen molar-refractivity contribution in [3.05, 3.63) is 39.8 Å². The third kappa shape index (κ3) is 3.21. The van der Waals surface area contributed by atoms with Gasteiger partial charge < -0.3 is 5.11 Å². The molecule has 2 N–H and O–H groups in total. The molecule has 0 saturated carbocycles. The first-order valence-corrected chi connectivity index (χ1v) is 7.05. The highest BCUT2D eigenvalue weighted by Gasteiger charge is 2.20. The largest absolute Gasteiger partial charge is 0.480 e. The van der Waals surface area contributed by atoms with E-state index in [1.165, 1.54) is 11.3 Å². The topological polar surface area (TPSA) is 67.2 Å². The predicted octanol–water partition coefficient (Wildman–Crippen LogP) is 1.96. The third-order valence-corrected chi connectivity index (χ3v) is 3.65. The van der Waals surface area contributed by atoms with E-state index < -0.39 is 12.0 Å². The second-order valence-corrected chi connectivity index (χ2v) is 5.12. The maximum Gasteiger partial charge on any atom is 0.325 e. The average Bonchev–Trinajstić information content (AvgIpc) is 2.98. The molecule has 0 aliphatic rings. The van der Waals surface area contributed by atoms with E-state index in [1.807, 2.05) is 37.0 Å². The summed E-state index contributed by atoms with van der Waals surface area (Å²) >= 11 is 1.50. The average molecular weight is 279 g/mol. The number of rotatable bonds is 6. The van der Waals surface area contributed by atoms with Gasteiger partial charge in [0.1, 0.15) is 6.04 Å². The zero-order chi connectivity index (χ0) is 13.8. The van der Waals surface area contributed by atoms with E-state index in [9.17, 15) is 9.90 Å². The van der Waals surface area contributed by atoms with Crippen molar-refractivity contribution in [1.29, 1.82) is 0 Å². The molecule has 0 aliphatic carbocycles. The lowest BCUT2D eigenvalue weighted by atomic mass is 10.1. The van der Waals surface area contributed by atoms with Crippen LogP contribution < -0.4 is 5.32 Å². The summed E-state index contributed by atoms with van der Waals surface area (Å²) in [6, 6.07) is 1.16. The molecule has 102 valence electrons. The normalized spacial score (nSPS) is 12.5. The molecule has 2 aromatic rings. The maximum atomic E-state index is 11.3. The number of hydrogen-bond donors (Lipinski definition) is 2. The smallest absolute Gasteiger partial charge is 0.325 e. The van der Waals surface area contributed by atoms with Gasteiger partial charge >= 0.3 is 5.97 Å². The Balaban J connectivity index is 2.09. The van der Waals surface area contributed by atoms with E-state index in [0.717, 1.165) is 23.2 Å². The Morgan fingerprint density at radius 1 is 1.63 bits per heavy atom. The molecular formula is C13H17N3O2S. The molecule has 2 heterocycles. The molecule has 0 spiro atoms. The van der Waals surface area contributed by atoms with Crippen LogP contribution in [0.25, 0.3) is 0 Å². The first-order valence-electron chi connectivity index (χ1n) is 6.11. The minimum Gasteiger partial charge on any atom is -0.480 e. The molecule has 1 atom stereocenters. The summed E-state index contributed by atoms with van der Waals surface area (Å²) in [6.45, 7) is 2.54.